The zero-order chi connectivity index (χ0) is 21.1. The van der Waals surface area contributed by atoms with E-state index < -0.39 is 5.63 Å². The summed E-state index contributed by atoms with van der Waals surface area (Å²) in [6.45, 7) is 4.29. The van der Waals surface area contributed by atoms with Gasteiger partial charge in [0.15, 0.2) is 11.3 Å². The third-order valence-electron chi connectivity index (χ3n) is 6.37. The second-order valence-corrected chi connectivity index (χ2v) is 8.41. The van der Waals surface area contributed by atoms with Gasteiger partial charge in [-0.05, 0) is 54.4 Å². The number of benzene rings is 2. The van der Waals surface area contributed by atoms with Crippen molar-refractivity contribution in [2.45, 2.75) is 64.2 Å². The molecule has 4 heteroatoms. The molecule has 30 heavy (non-hydrogen) atoms. The van der Waals surface area contributed by atoms with Crippen LogP contribution in [0.2, 0.25) is 0 Å². The molecule has 0 aliphatic heterocycles. The molecule has 0 bridgehead atoms. The molecule has 1 aromatic heterocycles. The minimum Gasteiger partial charge on any atom is -0.507 e. The van der Waals surface area contributed by atoms with Crippen molar-refractivity contribution in [3.63, 3.8) is 0 Å². The zero-order valence-electron chi connectivity index (χ0n) is 17.7. The average molecular weight is 404 g/mol. The fourth-order valence-electron chi connectivity index (χ4n) is 4.24. The van der Waals surface area contributed by atoms with Crippen LogP contribution in [-0.2, 0) is 0 Å². The lowest BCUT2D eigenvalue weighted by atomic mass is 9.84. The predicted molar refractivity (Wildman–Crippen MR) is 122 cm³/mol. The van der Waals surface area contributed by atoms with Crippen molar-refractivity contribution in [1.82, 2.24) is 4.98 Å². The number of aliphatic hydroxyl groups is 1. The molecule has 1 saturated carbocycles. The second-order valence-electron chi connectivity index (χ2n) is 8.41. The Hall–Kier alpha value is -2.88. The molecule has 0 saturated heterocycles. The Morgan fingerprint density at radius 3 is 2.60 bits per heavy atom. The lowest BCUT2D eigenvalue weighted by molar-refractivity contribution is 0.443. The molecule has 156 valence electrons. The monoisotopic (exact) mass is 403 g/mol. The summed E-state index contributed by atoms with van der Waals surface area (Å²) < 4.78 is 5.42. The summed E-state index contributed by atoms with van der Waals surface area (Å²) in [5, 5.41) is 10.6. The Labute approximate surface area is 177 Å². The Bertz CT molecular complexity index is 1110. The van der Waals surface area contributed by atoms with Crippen LogP contribution in [-0.4, -0.2) is 10.1 Å². The van der Waals surface area contributed by atoms with Crippen molar-refractivity contribution in [3.05, 3.63) is 75.3 Å². The molecule has 1 fully saturated rings. The summed E-state index contributed by atoms with van der Waals surface area (Å²) in [4.78, 5) is 16.8. The molecule has 1 atom stereocenters. The number of hydrogen-bond donors (Lipinski definition) is 1. The number of aromatic nitrogens is 1. The average Bonchev–Trinajstić information content (AvgIpc) is 2.79. The largest absolute Gasteiger partial charge is 0.507 e. The molecular formula is C26H29NO3. The molecule has 3 aromatic rings. The van der Waals surface area contributed by atoms with Crippen molar-refractivity contribution in [3.8, 4) is 0 Å². The van der Waals surface area contributed by atoms with E-state index in [1.165, 1.54) is 43.7 Å². The van der Waals surface area contributed by atoms with Crippen LogP contribution in [0.1, 0.15) is 86.6 Å². The van der Waals surface area contributed by atoms with E-state index in [0.29, 0.717) is 28.5 Å². The highest BCUT2D eigenvalue weighted by Gasteiger charge is 2.16. The Morgan fingerprint density at radius 1 is 1.17 bits per heavy atom. The number of nitrogens with zero attached hydrogens (tertiary/aromatic N) is 1. The van der Waals surface area contributed by atoms with E-state index in [1.54, 1.807) is 6.07 Å². The molecule has 1 N–H and O–H groups in total. The topological polar surface area (TPSA) is 63.3 Å². The van der Waals surface area contributed by atoms with Crippen LogP contribution in [0, 0.1) is 0 Å². The van der Waals surface area contributed by atoms with Crippen molar-refractivity contribution in [2.75, 3.05) is 0 Å². The van der Waals surface area contributed by atoms with Crippen LogP contribution in [0.4, 0.5) is 0 Å². The Kier molecular flexibility index (Phi) is 6.03. The molecule has 1 aliphatic rings. The van der Waals surface area contributed by atoms with E-state index >= 15 is 0 Å². The normalized spacial score (nSPS) is 16.7. The highest BCUT2D eigenvalue weighted by molar-refractivity contribution is 5.78. The van der Waals surface area contributed by atoms with Gasteiger partial charge in [-0.1, -0.05) is 63.4 Å². The molecule has 0 radical (unpaired) electrons. The van der Waals surface area contributed by atoms with Crippen LogP contribution in [0.25, 0.3) is 22.9 Å². The molecule has 0 amide bonds. The third kappa shape index (κ3) is 4.33. The first-order chi connectivity index (χ1) is 14.5. The van der Waals surface area contributed by atoms with Gasteiger partial charge in [-0.15, -0.1) is 0 Å². The minimum atomic E-state index is -0.552. The van der Waals surface area contributed by atoms with E-state index in [-0.39, 0.29) is 11.5 Å². The predicted octanol–water partition coefficient (Wildman–Crippen LogP) is 6.81. The molecule has 2 aromatic carbocycles. The van der Waals surface area contributed by atoms with Gasteiger partial charge in [0.1, 0.15) is 11.3 Å². The van der Waals surface area contributed by atoms with E-state index in [4.69, 9.17) is 4.42 Å². The quantitative estimate of drug-likeness (QED) is 0.476. The summed E-state index contributed by atoms with van der Waals surface area (Å²) in [5.74, 6) is 1.04. The van der Waals surface area contributed by atoms with Crippen molar-refractivity contribution in [2.24, 2.45) is 0 Å². The fraction of sp³-hybridized carbons (Fsp3) is 0.385. The van der Waals surface area contributed by atoms with Crippen LogP contribution < -0.4 is 5.63 Å². The maximum atomic E-state index is 12.4. The standard InChI is InChI=1S/C26H29NO3/c1-3-17(2)21-13-14-25-22(15-21)27-23(26(29)30-25)16-24(28)20-11-9-19(10-12-20)18-7-5-4-6-8-18/h9-18,28H,3-8H2,1-2H3. The van der Waals surface area contributed by atoms with E-state index in [1.807, 2.05) is 24.3 Å². The highest BCUT2D eigenvalue weighted by Crippen LogP contribution is 2.33. The molecule has 4 rings (SSSR count). The maximum absolute atomic E-state index is 12.4. The van der Waals surface area contributed by atoms with Gasteiger partial charge in [0.05, 0.1) is 0 Å². The summed E-state index contributed by atoms with van der Waals surface area (Å²) in [7, 11) is 0. The van der Waals surface area contributed by atoms with Crippen molar-refractivity contribution >= 4 is 22.9 Å². The van der Waals surface area contributed by atoms with Crippen LogP contribution in [0.3, 0.4) is 0 Å². The molecule has 1 unspecified atom stereocenters. The first-order valence-electron chi connectivity index (χ1n) is 11.0. The van der Waals surface area contributed by atoms with Gasteiger partial charge in [-0.25, -0.2) is 9.78 Å². The number of hydrogen-bond acceptors (Lipinski definition) is 4. The van der Waals surface area contributed by atoms with Gasteiger partial charge in [-0.3, -0.25) is 0 Å². The Balaban J connectivity index is 1.62. The minimum absolute atomic E-state index is 0.0161. The number of rotatable bonds is 5. The van der Waals surface area contributed by atoms with E-state index in [0.717, 1.165) is 12.0 Å². The molecule has 1 heterocycles. The van der Waals surface area contributed by atoms with Gasteiger partial charge in [-0.2, -0.15) is 0 Å². The summed E-state index contributed by atoms with van der Waals surface area (Å²) in [6.07, 6.45) is 8.81. The zero-order valence-corrected chi connectivity index (χ0v) is 17.7. The molecule has 0 spiro atoms. The highest BCUT2D eigenvalue weighted by atomic mass is 16.4. The number of fused-ring (bicyclic) bond motifs is 1. The fourth-order valence-corrected chi connectivity index (χ4v) is 4.24. The summed E-state index contributed by atoms with van der Waals surface area (Å²) in [5.41, 5.74) is 3.79. The van der Waals surface area contributed by atoms with Gasteiger partial charge >= 0.3 is 5.63 Å². The summed E-state index contributed by atoms with van der Waals surface area (Å²) >= 11 is 0. The Morgan fingerprint density at radius 2 is 1.90 bits per heavy atom. The lowest BCUT2D eigenvalue weighted by Crippen LogP contribution is -2.07. The molecular weight excluding hydrogens is 374 g/mol. The van der Waals surface area contributed by atoms with Gasteiger partial charge in [0, 0.05) is 11.6 Å². The first kappa shape index (κ1) is 20.4. The van der Waals surface area contributed by atoms with Crippen LogP contribution in [0.15, 0.2) is 51.7 Å². The summed E-state index contributed by atoms with van der Waals surface area (Å²) in [6, 6.07) is 13.7. The second kappa shape index (κ2) is 8.86. The molecule has 1 aliphatic carbocycles. The van der Waals surface area contributed by atoms with Gasteiger partial charge in [0.2, 0.25) is 0 Å². The lowest BCUT2D eigenvalue weighted by Gasteiger charge is -2.22. The maximum Gasteiger partial charge on any atom is 0.362 e. The van der Waals surface area contributed by atoms with Crippen molar-refractivity contribution < 1.29 is 9.52 Å². The van der Waals surface area contributed by atoms with Crippen molar-refractivity contribution in [1.29, 1.82) is 0 Å². The van der Waals surface area contributed by atoms with Gasteiger partial charge in [0.25, 0.3) is 0 Å². The SMILES string of the molecule is CCC(C)c1ccc2oc(=O)c(C=C(O)c3ccc(C4CCCCC4)cc3)nc2c1. The molecule has 4 nitrogen and oxygen atoms in total. The number of aliphatic hydroxyl groups excluding tert-OH is 1. The van der Waals surface area contributed by atoms with Crippen LogP contribution in [0.5, 0.6) is 0 Å². The smallest absolute Gasteiger partial charge is 0.362 e. The van der Waals surface area contributed by atoms with Gasteiger partial charge < -0.3 is 9.52 Å². The third-order valence-corrected chi connectivity index (χ3v) is 6.37. The first-order valence-corrected chi connectivity index (χ1v) is 11.0. The van der Waals surface area contributed by atoms with E-state index in [9.17, 15) is 9.90 Å². The van der Waals surface area contributed by atoms with Crippen LogP contribution >= 0.6 is 0 Å². The van der Waals surface area contributed by atoms with E-state index in [2.05, 4.69) is 31.0 Å².